The summed E-state index contributed by atoms with van der Waals surface area (Å²) < 4.78 is 5.73. The van der Waals surface area contributed by atoms with E-state index in [0.717, 1.165) is 60.2 Å². The Labute approximate surface area is 354 Å². The summed E-state index contributed by atoms with van der Waals surface area (Å²) >= 11 is 1.75. The van der Waals surface area contributed by atoms with E-state index in [-0.39, 0.29) is 0 Å². The lowest BCUT2D eigenvalue weighted by molar-refractivity contribution is 1.02. The van der Waals surface area contributed by atoms with Crippen LogP contribution < -0.4 is 0 Å². The van der Waals surface area contributed by atoms with Crippen molar-refractivity contribution in [2.75, 3.05) is 0 Å². The first kappa shape index (κ1) is 34.0. The molecule has 0 aliphatic rings. The maximum atomic E-state index is 5.45. The van der Waals surface area contributed by atoms with Crippen LogP contribution in [0.1, 0.15) is 0 Å². The van der Waals surface area contributed by atoms with E-state index >= 15 is 0 Å². The number of rotatable bonds is 5. The molecule has 0 amide bonds. The highest BCUT2D eigenvalue weighted by Gasteiger charge is 2.22. The van der Waals surface area contributed by atoms with E-state index in [4.69, 9.17) is 9.97 Å². The molecule has 13 aromatic rings. The van der Waals surface area contributed by atoms with Gasteiger partial charge in [0.15, 0.2) is 0 Å². The van der Waals surface area contributed by atoms with Crippen LogP contribution in [-0.2, 0) is 0 Å². The zero-order valence-corrected chi connectivity index (χ0v) is 33.5. The van der Waals surface area contributed by atoms with E-state index in [9.17, 15) is 0 Å². The number of aromatic nitrogens is 5. The Morgan fingerprint density at radius 1 is 0.393 bits per heavy atom. The summed E-state index contributed by atoms with van der Waals surface area (Å²) in [7, 11) is 0. The molecule has 8 aromatic carbocycles. The molecule has 0 unspecified atom stereocenters. The molecule has 0 spiro atoms. The second-order valence-corrected chi connectivity index (χ2v) is 16.7. The van der Waals surface area contributed by atoms with Crippen LogP contribution in [0.2, 0.25) is 0 Å². The third-order valence-corrected chi connectivity index (χ3v) is 13.4. The fraction of sp³-hybridized carbons (Fsp3) is 0. The van der Waals surface area contributed by atoms with Gasteiger partial charge in [0.1, 0.15) is 0 Å². The summed E-state index contributed by atoms with van der Waals surface area (Å²) in [5, 5.41) is 9.71. The Hall–Kier alpha value is -7.93. The van der Waals surface area contributed by atoms with Gasteiger partial charge < -0.3 is 4.57 Å². The topological polar surface area (TPSA) is 48.5 Å². The Kier molecular flexibility index (Phi) is 7.41. The lowest BCUT2D eigenvalue weighted by atomic mass is 9.98. The predicted octanol–water partition coefficient (Wildman–Crippen LogP) is 14.6. The molecular formula is C55H33N5S. The average Bonchev–Trinajstić information content (AvgIpc) is 4.02. The van der Waals surface area contributed by atoms with Crippen LogP contribution in [0.15, 0.2) is 200 Å². The minimum absolute atomic E-state index is 0.655. The summed E-state index contributed by atoms with van der Waals surface area (Å²) in [6, 6.07) is 67.6. The number of fused-ring (bicyclic) bond motifs is 11. The van der Waals surface area contributed by atoms with Crippen molar-refractivity contribution in [3.05, 3.63) is 200 Å². The number of hydrogen-bond acceptors (Lipinski definition) is 4. The Bertz CT molecular complexity index is 3860. The molecule has 0 saturated carbocycles. The van der Waals surface area contributed by atoms with Gasteiger partial charge in [0.2, 0.25) is 5.95 Å². The van der Waals surface area contributed by atoms with Gasteiger partial charge in [0.05, 0.1) is 38.0 Å². The van der Waals surface area contributed by atoms with Gasteiger partial charge in [-0.1, -0.05) is 140 Å². The first-order valence-corrected chi connectivity index (χ1v) is 21.3. The number of pyridine rings is 1. The minimum atomic E-state index is 0.655. The van der Waals surface area contributed by atoms with Crippen LogP contribution in [0, 0.1) is 0 Å². The molecule has 0 N–H and O–H groups in total. The zero-order chi connectivity index (χ0) is 40.0. The van der Waals surface area contributed by atoms with E-state index in [0.29, 0.717) is 5.95 Å². The molecular weight excluding hydrogens is 763 g/mol. The molecule has 5 heterocycles. The number of benzene rings is 8. The first-order valence-electron chi connectivity index (χ1n) is 20.5. The molecule has 0 fully saturated rings. The highest BCUT2D eigenvalue weighted by atomic mass is 32.1. The summed E-state index contributed by atoms with van der Waals surface area (Å²) in [6.45, 7) is 0. The van der Waals surface area contributed by atoms with Crippen LogP contribution in [-0.4, -0.2) is 24.1 Å². The third kappa shape index (κ3) is 5.22. The molecule has 61 heavy (non-hydrogen) atoms. The fourth-order valence-corrected chi connectivity index (χ4v) is 10.6. The van der Waals surface area contributed by atoms with Crippen molar-refractivity contribution in [2.24, 2.45) is 0 Å². The van der Waals surface area contributed by atoms with Crippen molar-refractivity contribution >= 4 is 86.7 Å². The quantitative estimate of drug-likeness (QED) is 0.174. The summed E-state index contributed by atoms with van der Waals surface area (Å²) in [4.78, 5) is 16.4. The smallest absolute Gasteiger partial charge is 0.235 e. The second-order valence-electron chi connectivity index (χ2n) is 15.6. The molecule has 0 aliphatic carbocycles. The van der Waals surface area contributed by atoms with Crippen LogP contribution in [0.25, 0.3) is 120 Å². The van der Waals surface area contributed by atoms with E-state index in [1.165, 1.54) is 53.7 Å². The Morgan fingerprint density at radius 2 is 1.00 bits per heavy atom. The highest BCUT2D eigenvalue weighted by molar-refractivity contribution is 7.22. The summed E-state index contributed by atoms with van der Waals surface area (Å²) in [6.07, 6.45) is 3.74. The molecule has 0 aliphatic heterocycles. The molecule has 6 heteroatoms. The molecule has 0 radical (unpaired) electrons. The van der Waals surface area contributed by atoms with E-state index in [2.05, 4.69) is 202 Å². The van der Waals surface area contributed by atoms with Gasteiger partial charge in [-0.3, -0.25) is 9.55 Å². The average molecular weight is 796 g/mol. The number of nitrogens with zero attached hydrogens (tertiary/aromatic N) is 5. The minimum Gasteiger partial charge on any atom is -0.309 e. The number of thiophene rings is 1. The first-order chi connectivity index (χ1) is 30.2. The third-order valence-electron chi connectivity index (χ3n) is 12.2. The summed E-state index contributed by atoms with van der Waals surface area (Å²) in [5.41, 5.74) is 12.0. The predicted molar refractivity (Wildman–Crippen MR) is 255 cm³/mol. The van der Waals surface area contributed by atoms with E-state index in [1.807, 2.05) is 12.4 Å². The van der Waals surface area contributed by atoms with Gasteiger partial charge in [-0.25, -0.2) is 9.97 Å². The lowest BCUT2D eigenvalue weighted by Crippen LogP contribution is -2.02. The normalized spacial score (nSPS) is 11.9. The van der Waals surface area contributed by atoms with E-state index in [1.54, 1.807) is 11.3 Å². The Balaban J connectivity index is 1.07. The van der Waals surface area contributed by atoms with Crippen molar-refractivity contribution in [3.8, 4) is 44.5 Å². The van der Waals surface area contributed by atoms with Crippen LogP contribution >= 0.6 is 11.3 Å². The standard InChI is InChI=1S/C55H33N5S/c1-3-13-36(14-4-1)50-33-45-54(61-50)53(37-15-5-2-6-16-37)58-55(57-45)60-46-24-22-38(31-44(46)52-42-18-10-8-12-35(42)21-26-48(52)60)39-19-23-43-49(32-39)59(40-27-29-56-30-28-40)47-25-20-34-11-7-9-17-41(34)51(43)47/h1-33H. The van der Waals surface area contributed by atoms with Gasteiger partial charge in [0, 0.05) is 50.1 Å². The van der Waals surface area contributed by atoms with Crippen molar-refractivity contribution < 1.29 is 0 Å². The lowest BCUT2D eigenvalue weighted by Gasteiger charge is -2.10. The number of hydrogen-bond donors (Lipinski definition) is 0. The molecule has 0 atom stereocenters. The van der Waals surface area contributed by atoms with Crippen LogP contribution in [0.3, 0.4) is 0 Å². The monoisotopic (exact) mass is 795 g/mol. The van der Waals surface area contributed by atoms with Gasteiger partial charge in [-0.05, 0) is 86.8 Å². The largest absolute Gasteiger partial charge is 0.309 e. The SMILES string of the molecule is c1ccc(-c2cc3nc(-n4c5ccc(-c6ccc7c8c9ccccc9ccc8n(-c8ccncc8)c7c6)cc5c5c6ccccc6ccc54)nc(-c4ccccc4)c3s2)cc1. The fourth-order valence-electron chi connectivity index (χ4n) is 9.48. The highest BCUT2D eigenvalue weighted by Crippen LogP contribution is 2.43. The van der Waals surface area contributed by atoms with Crippen molar-refractivity contribution in [2.45, 2.75) is 0 Å². The van der Waals surface area contributed by atoms with Gasteiger partial charge in [-0.2, -0.15) is 0 Å². The van der Waals surface area contributed by atoms with Crippen LogP contribution in [0.5, 0.6) is 0 Å². The van der Waals surface area contributed by atoms with Gasteiger partial charge >= 0.3 is 0 Å². The Morgan fingerprint density at radius 3 is 1.74 bits per heavy atom. The molecule has 13 rings (SSSR count). The zero-order valence-electron chi connectivity index (χ0n) is 32.7. The second kappa shape index (κ2) is 13.3. The summed E-state index contributed by atoms with van der Waals surface area (Å²) in [5.74, 6) is 0.655. The molecule has 284 valence electrons. The molecule has 5 nitrogen and oxygen atoms in total. The maximum absolute atomic E-state index is 5.45. The van der Waals surface area contributed by atoms with Gasteiger partial charge in [0.25, 0.3) is 0 Å². The van der Waals surface area contributed by atoms with Crippen molar-refractivity contribution in [3.63, 3.8) is 0 Å². The molecule has 5 aromatic heterocycles. The van der Waals surface area contributed by atoms with Crippen LogP contribution in [0.4, 0.5) is 0 Å². The molecule has 0 bridgehead atoms. The van der Waals surface area contributed by atoms with Crippen molar-refractivity contribution in [1.82, 2.24) is 24.1 Å². The van der Waals surface area contributed by atoms with E-state index < -0.39 is 0 Å². The maximum Gasteiger partial charge on any atom is 0.235 e. The van der Waals surface area contributed by atoms with Crippen molar-refractivity contribution in [1.29, 1.82) is 0 Å². The molecule has 0 saturated heterocycles. The van der Waals surface area contributed by atoms with Gasteiger partial charge in [-0.15, -0.1) is 11.3 Å².